The summed E-state index contributed by atoms with van der Waals surface area (Å²) in [6.45, 7) is 7.48. The van der Waals surface area contributed by atoms with Gasteiger partial charge in [0.25, 0.3) is 0 Å². The van der Waals surface area contributed by atoms with Crippen molar-refractivity contribution < 1.29 is 17.9 Å². The van der Waals surface area contributed by atoms with E-state index in [1.54, 1.807) is 24.0 Å². The molecule has 1 atom stereocenters. The third-order valence-corrected chi connectivity index (χ3v) is 6.30. The number of methoxy groups -OCH3 is 1. The molecule has 5 nitrogen and oxygen atoms in total. The number of rotatable bonds is 7. The topological polar surface area (TPSA) is 63.7 Å². The van der Waals surface area contributed by atoms with E-state index in [0.29, 0.717) is 5.75 Å². The second-order valence-electron chi connectivity index (χ2n) is 7.00. The van der Waals surface area contributed by atoms with Crippen LogP contribution in [-0.4, -0.2) is 33.2 Å². The standard InChI is InChI=1S/C21H27NO4S/c1-15(2)22(18-8-6-16(3)7-9-18)21(23)17(4)14-27(24,25)20-12-10-19(26-5)11-13-20/h6-13,15,17H,14H2,1-5H3. The maximum absolute atomic E-state index is 13.0. The summed E-state index contributed by atoms with van der Waals surface area (Å²) < 4.78 is 30.5. The number of hydrogen-bond acceptors (Lipinski definition) is 4. The molecule has 2 rings (SSSR count). The molecule has 1 unspecified atom stereocenters. The molecular formula is C21H27NO4S. The van der Waals surface area contributed by atoms with E-state index in [9.17, 15) is 13.2 Å². The van der Waals surface area contributed by atoms with Crippen LogP contribution < -0.4 is 9.64 Å². The fourth-order valence-electron chi connectivity index (χ4n) is 2.90. The Balaban J connectivity index is 2.22. The summed E-state index contributed by atoms with van der Waals surface area (Å²) >= 11 is 0. The lowest BCUT2D eigenvalue weighted by molar-refractivity contribution is -0.121. The number of carbonyl (C=O) groups is 1. The Morgan fingerprint density at radius 3 is 2.04 bits per heavy atom. The second kappa shape index (κ2) is 8.57. The molecule has 0 radical (unpaired) electrons. The zero-order valence-electron chi connectivity index (χ0n) is 16.5. The van der Waals surface area contributed by atoms with Crippen LogP contribution in [0.2, 0.25) is 0 Å². The molecule has 27 heavy (non-hydrogen) atoms. The molecule has 0 saturated carbocycles. The van der Waals surface area contributed by atoms with Crippen molar-refractivity contribution in [2.75, 3.05) is 17.8 Å². The Morgan fingerprint density at radius 2 is 1.56 bits per heavy atom. The van der Waals surface area contributed by atoms with Crippen molar-refractivity contribution in [2.24, 2.45) is 5.92 Å². The molecule has 0 aliphatic heterocycles. The Hall–Kier alpha value is -2.34. The van der Waals surface area contributed by atoms with Crippen LogP contribution in [0.5, 0.6) is 5.75 Å². The van der Waals surface area contributed by atoms with Crippen molar-refractivity contribution in [2.45, 2.75) is 38.6 Å². The van der Waals surface area contributed by atoms with Crippen molar-refractivity contribution in [3.63, 3.8) is 0 Å². The minimum Gasteiger partial charge on any atom is -0.497 e. The number of hydrogen-bond donors (Lipinski definition) is 0. The molecule has 0 fully saturated rings. The van der Waals surface area contributed by atoms with Gasteiger partial charge in [-0.25, -0.2) is 8.42 Å². The van der Waals surface area contributed by atoms with E-state index < -0.39 is 15.8 Å². The van der Waals surface area contributed by atoms with E-state index in [1.165, 1.54) is 19.2 Å². The van der Waals surface area contributed by atoms with Gasteiger partial charge >= 0.3 is 0 Å². The highest BCUT2D eigenvalue weighted by molar-refractivity contribution is 7.91. The molecule has 1 amide bonds. The summed E-state index contributed by atoms with van der Waals surface area (Å²) in [7, 11) is -2.06. The van der Waals surface area contributed by atoms with Gasteiger partial charge in [0, 0.05) is 17.6 Å². The summed E-state index contributed by atoms with van der Waals surface area (Å²) in [5.41, 5.74) is 1.87. The van der Waals surface area contributed by atoms with Crippen molar-refractivity contribution in [3.8, 4) is 5.75 Å². The molecule has 0 N–H and O–H groups in total. The van der Waals surface area contributed by atoms with Gasteiger partial charge in [-0.2, -0.15) is 0 Å². The van der Waals surface area contributed by atoms with Crippen LogP contribution in [0.25, 0.3) is 0 Å². The molecule has 0 saturated heterocycles. The van der Waals surface area contributed by atoms with Crippen molar-refractivity contribution >= 4 is 21.4 Å². The summed E-state index contributed by atoms with van der Waals surface area (Å²) in [4.78, 5) is 14.9. The molecule has 146 valence electrons. The molecular weight excluding hydrogens is 362 g/mol. The molecule has 0 bridgehead atoms. The fourth-order valence-corrected chi connectivity index (χ4v) is 4.45. The highest BCUT2D eigenvalue weighted by Gasteiger charge is 2.29. The number of sulfone groups is 1. The predicted molar refractivity (Wildman–Crippen MR) is 108 cm³/mol. The summed E-state index contributed by atoms with van der Waals surface area (Å²) in [6.07, 6.45) is 0. The first kappa shape index (κ1) is 21.0. The van der Waals surface area contributed by atoms with Crippen molar-refractivity contribution in [1.82, 2.24) is 0 Å². The maximum atomic E-state index is 13.0. The minimum absolute atomic E-state index is 0.0775. The third kappa shape index (κ3) is 5.10. The average molecular weight is 390 g/mol. The summed E-state index contributed by atoms with van der Waals surface area (Å²) in [5.74, 6) is -0.525. The van der Waals surface area contributed by atoms with Crippen LogP contribution in [0.3, 0.4) is 0 Å². The molecule has 0 heterocycles. The fraction of sp³-hybridized carbons (Fsp3) is 0.381. The number of nitrogens with zero attached hydrogens (tertiary/aromatic N) is 1. The van der Waals surface area contributed by atoms with E-state index in [1.807, 2.05) is 45.0 Å². The summed E-state index contributed by atoms with van der Waals surface area (Å²) in [6, 6.07) is 13.8. The van der Waals surface area contributed by atoms with Gasteiger partial charge in [0.1, 0.15) is 5.75 Å². The van der Waals surface area contributed by atoms with E-state index in [-0.39, 0.29) is 22.6 Å². The van der Waals surface area contributed by atoms with Crippen LogP contribution in [0.15, 0.2) is 53.4 Å². The number of benzene rings is 2. The lowest BCUT2D eigenvalue weighted by Gasteiger charge is -2.29. The maximum Gasteiger partial charge on any atom is 0.231 e. The number of ether oxygens (including phenoxy) is 1. The SMILES string of the molecule is COc1ccc(S(=O)(=O)CC(C)C(=O)N(c2ccc(C)cc2)C(C)C)cc1. The van der Waals surface area contributed by atoms with E-state index in [4.69, 9.17) is 4.74 Å². The Morgan fingerprint density at radius 1 is 1.00 bits per heavy atom. The minimum atomic E-state index is -3.58. The Labute approximate surface area is 161 Å². The first-order valence-corrected chi connectivity index (χ1v) is 10.6. The first-order chi connectivity index (χ1) is 12.7. The average Bonchev–Trinajstić information content (AvgIpc) is 2.62. The molecule has 0 aliphatic rings. The molecule has 2 aromatic carbocycles. The molecule has 0 aromatic heterocycles. The quantitative estimate of drug-likeness (QED) is 0.721. The normalized spacial score (nSPS) is 12.7. The van der Waals surface area contributed by atoms with Gasteiger partial charge in [0.05, 0.1) is 17.8 Å². The van der Waals surface area contributed by atoms with Gasteiger partial charge in [-0.15, -0.1) is 0 Å². The molecule has 0 spiro atoms. The van der Waals surface area contributed by atoms with Crippen molar-refractivity contribution in [1.29, 1.82) is 0 Å². The molecule has 6 heteroatoms. The van der Waals surface area contributed by atoms with Crippen molar-refractivity contribution in [3.05, 3.63) is 54.1 Å². The highest BCUT2D eigenvalue weighted by atomic mass is 32.2. The Bertz CT molecular complexity index is 871. The number of aryl methyl sites for hydroxylation is 1. The van der Waals surface area contributed by atoms with Gasteiger partial charge in [-0.3, -0.25) is 4.79 Å². The lowest BCUT2D eigenvalue weighted by Crippen LogP contribution is -2.42. The van der Waals surface area contributed by atoms with E-state index in [0.717, 1.165) is 11.3 Å². The second-order valence-corrected chi connectivity index (χ2v) is 9.03. The van der Waals surface area contributed by atoms with E-state index >= 15 is 0 Å². The predicted octanol–water partition coefficient (Wildman–Crippen LogP) is 3.86. The molecule has 0 aliphatic carbocycles. The van der Waals surface area contributed by atoms with Gasteiger partial charge in [0.15, 0.2) is 9.84 Å². The van der Waals surface area contributed by atoms with Gasteiger partial charge in [0.2, 0.25) is 5.91 Å². The smallest absolute Gasteiger partial charge is 0.231 e. The zero-order chi connectivity index (χ0) is 20.2. The van der Waals surface area contributed by atoms with Crippen LogP contribution in [-0.2, 0) is 14.6 Å². The monoisotopic (exact) mass is 389 g/mol. The zero-order valence-corrected chi connectivity index (χ0v) is 17.3. The van der Waals surface area contributed by atoms with Gasteiger partial charge in [-0.1, -0.05) is 24.6 Å². The largest absolute Gasteiger partial charge is 0.497 e. The number of amides is 1. The van der Waals surface area contributed by atoms with E-state index in [2.05, 4.69) is 0 Å². The van der Waals surface area contributed by atoms with Gasteiger partial charge in [-0.05, 0) is 57.2 Å². The van der Waals surface area contributed by atoms with Crippen LogP contribution >= 0.6 is 0 Å². The first-order valence-electron chi connectivity index (χ1n) is 8.92. The lowest BCUT2D eigenvalue weighted by atomic mass is 10.1. The van der Waals surface area contributed by atoms with Crippen LogP contribution in [0.1, 0.15) is 26.3 Å². The summed E-state index contributed by atoms with van der Waals surface area (Å²) in [5, 5.41) is 0. The number of anilines is 1. The third-order valence-electron chi connectivity index (χ3n) is 4.38. The Kier molecular flexibility index (Phi) is 6.65. The molecule has 2 aromatic rings. The highest BCUT2D eigenvalue weighted by Crippen LogP contribution is 2.23. The van der Waals surface area contributed by atoms with Gasteiger partial charge < -0.3 is 9.64 Å². The van der Waals surface area contributed by atoms with Crippen LogP contribution in [0, 0.1) is 12.8 Å². The van der Waals surface area contributed by atoms with Crippen LogP contribution in [0.4, 0.5) is 5.69 Å². The number of carbonyl (C=O) groups excluding carboxylic acids is 1.